The van der Waals surface area contributed by atoms with Crippen LogP contribution >= 0.6 is 0 Å². The number of carbonyl (C=O) groups excluding carboxylic acids is 2. The molecule has 1 saturated carbocycles. The highest BCUT2D eigenvalue weighted by molar-refractivity contribution is 5.94. The number of anilines is 1. The quantitative estimate of drug-likeness (QED) is 0.620. The monoisotopic (exact) mass is 474 g/mol. The van der Waals surface area contributed by atoms with E-state index in [1.54, 1.807) is 0 Å². The van der Waals surface area contributed by atoms with Gasteiger partial charge in [-0.25, -0.2) is 0 Å². The lowest BCUT2D eigenvalue weighted by Gasteiger charge is -2.37. The van der Waals surface area contributed by atoms with Crippen molar-refractivity contribution in [2.24, 2.45) is 5.92 Å². The third-order valence-corrected chi connectivity index (χ3v) is 8.42. The molecule has 1 atom stereocenters. The first kappa shape index (κ1) is 23.8. The molecule has 1 N–H and O–H groups in total. The van der Waals surface area contributed by atoms with Crippen molar-refractivity contribution < 1.29 is 9.59 Å². The van der Waals surface area contributed by atoms with Gasteiger partial charge >= 0.3 is 0 Å². The number of nitrogens with one attached hydrogen (secondary N) is 1. The maximum Gasteiger partial charge on any atom is 0.253 e. The fourth-order valence-electron chi connectivity index (χ4n) is 6.24. The molecule has 2 heterocycles. The van der Waals surface area contributed by atoms with Crippen LogP contribution in [-0.2, 0) is 11.2 Å². The van der Waals surface area contributed by atoms with Crippen LogP contribution in [0.2, 0.25) is 0 Å². The van der Waals surface area contributed by atoms with Crippen LogP contribution in [0, 0.1) is 5.92 Å². The number of aryl methyl sites for hydroxylation is 1. The van der Waals surface area contributed by atoms with Crippen molar-refractivity contribution in [1.29, 1.82) is 0 Å². The molecule has 1 unspecified atom stereocenters. The summed E-state index contributed by atoms with van der Waals surface area (Å²) in [6, 6.07) is 10.5. The highest BCUT2D eigenvalue weighted by Crippen LogP contribution is 2.33. The molecule has 2 amide bonds. The number of hydrogen-bond acceptors (Lipinski definition) is 4. The number of rotatable bonds is 7. The van der Waals surface area contributed by atoms with Crippen molar-refractivity contribution in [3.8, 4) is 0 Å². The van der Waals surface area contributed by atoms with Gasteiger partial charge < -0.3 is 15.1 Å². The predicted octanol–water partition coefficient (Wildman–Crippen LogP) is 4.90. The average molecular weight is 475 g/mol. The number of hydrogen-bond donors (Lipinski definition) is 1. The smallest absolute Gasteiger partial charge is 0.253 e. The molecular weight excluding hydrogens is 436 g/mol. The molecule has 1 aromatic heterocycles. The third kappa shape index (κ3) is 5.52. The van der Waals surface area contributed by atoms with Crippen LogP contribution < -0.4 is 10.2 Å². The Morgan fingerprint density at radius 1 is 1.03 bits per heavy atom. The Bertz CT molecular complexity index is 1030. The second-order valence-corrected chi connectivity index (χ2v) is 10.6. The van der Waals surface area contributed by atoms with Crippen molar-refractivity contribution >= 4 is 17.5 Å². The van der Waals surface area contributed by atoms with E-state index in [9.17, 15) is 9.59 Å². The number of piperidine rings is 1. The minimum Gasteiger partial charge on any atom is -0.371 e. The maximum absolute atomic E-state index is 13.3. The van der Waals surface area contributed by atoms with Gasteiger partial charge in [0.2, 0.25) is 5.91 Å². The molecule has 0 bridgehead atoms. The zero-order valence-corrected chi connectivity index (χ0v) is 20.9. The van der Waals surface area contributed by atoms with E-state index < -0.39 is 0 Å². The first-order valence-corrected chi connectivity index (χ1v) is 13.4. The molecule has 1 saturated heterocycles. The predicted molar refractivity (Wildman–Crippen MR) is 138 cm³/mol. The molecule has 1 aromatic carbocycles. The van der Waals surface area contributed by atoms with E-state index in [4.69, 9.17) is 0 Å². The largest absolute Gasteiger partial charge is 0.371 e. The van der Waals surface area contributed by atoms with Gasteiger partial charge in [0.25, 0.3) is 5.91 Å². The van der Waals surface area contributed by atoms with Crippen molar-refractivity contribution in [3.05, 3.63) is 59.4 Å². The molecule has 0 spiro atoms. The van der Waals surface area contributed by atoms with Crippen LogP contribution in [0.1, 0.15) is 85.3 Å². The summed E-state index contributed by atoms with van der Waals surface area (Å²) in [5.41, 5.74) is 4.35. The van der Waals surface area contributed by atoms with Crippen molar-refractivity contribution in [2.45, 2.75) is 76.3 Å². The van der Waals surface area contributed by atoms with Gasteiger partial charge in [-0.15, -0.1) is 0 Å². The van der Waals surface area contributed by atoms with Crippen LogP contribution in [-0.4, -0.2) is 47.9 Å². The number of fused-ring (bicyclic) bond motifs is 1. The van der Waals surface area contributed by atoms with Crippen molar-refractivity contribution in [1.82, 2.24) is 15.2 Å². The summed E-state index contributed by atoms with van der Waals surface area (Å²) >= 11 is 0. The van der Waals surface area contributed by atoms with E-state index in [-0.39, 0.29) is 23.9 Å². The Kier molecular flexibility index (Phi) is 7.35. The van der Waals surface area contributed by atoms with Crippen LogP contribution in [0.5, 0.6) is 0 Å². The van der Waals surface area contributed by atoms with E-state index in [0.717, 1.165) is 56.7 Å². The number of amides is 2. The van der Waals surface area contributed by atoms with Gasteiger partial charge in [-0.05, 0) is 73.4 Å². The van der Waals surface area contributed by atoms with Crippen molar-refractivity contribution in [2.75, 3.05) is 25.0 Å². The molecule has 3 aliphatic rings. The van der Waals surface area contributed by atoms with Gasteiger partial charge in [0.05, 0.1) is 6.04 Å². The molecular formula is C29H38N4O2. The maximum atomic E-state index is 13.3. The molecule has 2 aliphatic carbocycles. The van der Waals surface area contributed by atoms with Gasteiger partial charge in [0, 0.05) is 56.2 Å². The lowest BCUT2D eigenvalue weighted by Crippen LogP contribution is -2.45. The van der Waals surface area contributed by atoms with Gasteiger partial charge in [-0.2, -0.15) is 0 Å². The van der Waals surface area contributed by atoms with Crippen molar-refractivity contribution in [3.63, 3.8) is 0 Å². The molecule has 2 aromatic rings. The Hall–Kier alpha value is -2.89. The lowest BCUT2D eigenvalue weighted by molar-refractivity contribution is -0.122. The zero-order chi connectivity index (χ0) is 24.2. The first-order valence-electron chi connectivity index (χ1n) is 13.4. The fourth-order valence-corrected chi connectivity index (χ4v) is 6.24. The van der Waals surface area contributed by atoms with E-state index in [1.807, 2.05) is 42.5 Å². The fraction of sp³-hybridized carbons (Fsp3) is 0.552. The Morgan fingerprint density at radius 3 is 2.51 bits per heavy atom. The summed E-state index contributed by atoms with van der Waals surface area (Å²) in [5, 5.41) is 3.26. The normalized spacial score (nSPS) is 20.6. The van der Waals surface area contributed by atoms with Gasteiger partial charge in [0.15, 0.2) is 0 Å². The first-order chi connectivity index (χ1) is 17.1. The van der Waals surface area contributed by atoms with E-state index >= 15 is 0 Å². The van der Waals surface area contributed by atoms with Crippen LogP contribution in [0.15, 0.2) is 42.7 Å². The number of benzene rings is 1. The second kappa shape index (κ2) is 10.8. The number of nitrogens with zero attached hydrogens (tertiary/aromatic N) is 3. The number of carbonyl (C=O) groups is 2. The average Bonchev–Trinajstić information content (AvgIpc) is 3.57. The highest BCUT2D eigenvalue weighted by atomic mass is 16.2. The molecule has 2 fully saturated rings. The standard InChI is InChI=1S/C29H38N4O2/c1-32(24-14-18-33(19-15-24)25-12-16-30-17-13-25)29(35)23-7-9-26-22(20-23)8-10-27(26)31-28(34)11-6-21-4-2-3-5-21/h7,9,12-13,16-17,20-21,24,27H,2-6,8,10-11,14-15,18-19H2,1H3,(H,31,34). The summed E-state index contributed by atoms with van der Waals surface area (Å²) in [5.74, 6) is 1.01. The molecule has 6 heteroatoms. The van der Waals surface area contributed by atoms with Gasteiger partial charge in [-0.3, -0.25) is 14.6 Å². The Balaban J connectivity index is 1.15. The van der Waals surface area contributed by atoms with Gasteiger partial charge in [-0.1, -0.05) is 31.7 Å². The van der Waals surface area contributed by atoms with Crippen LogP contribution in [0.4, 0.5) is 5.69 Å². The summed E-state index contributed by atoms with van der Waals surface area (Å²) in [7, 11) is 1.94. The van der Waals surface area contributed by atoms with Gasteiger partial charge in [0.1, 0.15) is 0 Å². The summed E-state index contributed by atoms with van der Waals surface area (Å²) in [6.45, 7) is 1.89. The minimum absolute atomic E-state index is 0.0838. The lowest BCUT2D eigenvalue weighted by atomic mass is 10.00. The SMILES string of the molecule is CN(C(=O)c1ccc2c(c1)CCC2NC(=O)CCC1CCCC1)C1CCN(c2ccncc2)CC1. The molecule has 0 radical (unpaired) electrons. The van der Waals surface area contributed by atoms with E-state index in [1.165, 1.54) is 42.5 Å². The highest BCUT2D eigenvalue weighted by Gasteiger charge is 2.29. The number of pyridine rings is 1. The molecule has 1 aliphatic heterocycles. The molecule has 6 nitrogen and oxygen atoms in total. The van der Waals surface area contributed by atoms with E-state index in [0.29, 0.717) is 6.42 Å². The van der Waals surface area contributed by atoms with Crippen LogP contribution in [0.3, 0.4) is 0 Å². The molecule has 186 valence electrons. The second-order valence-electron chi connectivity index (χ2n) is 10.6. The third-order valence-electron chi connectivity index (χ3n) is 8.42. The Morgan fingerprint density at radius 2 is 1.77 bits per heavy atom. The summed E-state index contributed by atoms with van der Waals surface area (Å²) in [6.07, 6.45) is 14.3. The number of aromatic nitrogens is 1. The van der Waals surface area contributed by atoms with Crippen LogP contribution in [0.25, 0.3) is 0 Å². The van der Waals surface area contributed by atoms with E-state index in [2.05, 4.69) is 27.3 Å². The Labute approximate surface area is 209 Å². The summed E-state index contributed by atoms with van der Waals surface area (Å²) < 4.78 is 0. The minimum atomic E-state index is 0.0838. The summed E-state index contributed by atoms with van der Waals surface area (Å²) in [4.78, 5) is 34.2. The zero-order valence-electron chi connectivity index (χ0n) is 20.9. The topological polar surface area (TPSA) is 65.5 Å². The molecule has 5 rings (SSSR count). The molecule has 35 heavy (non-hydrogen) atoms.